The molecule has 2 aromatic rings. The summed E-state index contributed by atoms with van der Waals surface area (Å²) >= 11 is 16.7. The predicted molar refractivity (Wildman–Crippen MR) is 83.6 cm³/mol. The van der Waals surface area contributed by atoms with Gasteiger partial charge in [-0.2, -0.15) is 0 Å². The Labute approximate surface area is 131 Å². The molecule has 2 N–H and O–H groups in total. The second-order valence-corrected chi connectivity index (χ2v) is 5.19. The van der Waals surface area contributed by atoms with Crippen LogP contribution in [0.3, 0.4) is 0 Å². The van der Waals surface area contributed by atoms with Gasteiger partial charge in [-0.05, 0) is 43.4 Å². The smallest absolute Gasteiger partial charge is 0.293 e. The molecule has 0 atom stereocenters. The Morgan fingerprint density at radius 2 is 2.00 bits per heavy atom. The van der Waals surface area contributed by atoms with Crippen molar-refractivity contribution < 1.29 is 9.21 Å². The van der Waals surface area contributed by atoms with Crippen molar-refractivity contribution in [2.45, 2.75) is 6.92 Å². The third-order valence-corrected chi connectivity index (χ3v) is 3.42. The number of carbonyl (C=O) groups is 1. The fourth-order valence-corrected chi connectivity index (χ4v) is 2.01. The Hall–Kier alpha value is -1.56. The van der Waals surface area contributed by atoms with Crippen LogP contribution < -0.4 is 10.6 Å². The highest BCUT2D eigenvalue weighted by molar-refractivity contribution is 7.80. The van der Waals surface area contributed by atoms with Crippen molar-refractivity contribution in [3.63, 3.8) is 0 Å². The van der Waals surface area contributed by atoms with Crippen molar-refractivity contribution in [1.82, 2.24) is 5.32 Å². The van der Waals surface area contributed by atoms with Crippen molar-refractivity contribution in [3.05, 3.63) is 51.9 Å². The molecular weight excluding hydrogens is 319 g/mol. The molecule has 0 spiro atoms. The zero-order valence-electron chi connectivity index (χ0n) is 10.4. The molecule has 0 saturated carbocycles. The van der Waals surface area contributed by atoms with Crippen LogP contribution in [-0.2, 0) is 0 Å². The lowest BCUT2D eigenvalue weighted by atomic mass is 10.3. The van der Waals surface area contributed by atoms with Gasteiger partial charge in [-0.1, -0.05) is 23.2 Å². The van der Waals surface area contributed by atoms with Gasteiger partial charge in [-0.3, -0.25) is 10.1 Å². The maximum Gasteiger partial charge on any atom is 0.293 e. The van der Waals surface area contributed by atoms with Crippen molar-refractivity contribution in [2.75, 3.05) is 5.32 Å². The zero-order valence-corrected chi connectivity index (χ0v) is 12.7. The number of hydrogen-bond donors (Lipinski definition) is 2. The number of benzene rings is 1. The van der Waals surface area contributed by atoms with E-state index in [1.807, 2.05) is 0 Å². The minimum absolute atomic E-state index is 0.143. The molecule has 4 nitrogen and oxygen atoms in total. The van der Waals surface area contributed by atoms with Gasteiger partial charge in [0.1, 0.15) is 0 Å². The molecule has 1 heterocycles. The van der Waals surface area contributed by atoms with Gasteiger partial charge < -0.3 is 9.73 Å². The topological polar surface area (TPSA) is 54.3 Å². The molecule has 0 bridgehead atoms. The molecule has 0 fully saturated rings. The highest BCUT2D eigenvalue weighted by Crippen LogP contribution is 2.24. The number of thiocarbonyl (C=S) groups is 1. The quantitative estimate of drug-likeness (QED) is 0.817. The van der Waals surface area contributed by atoms with Crippen LogP contribution in [0.5, 0.6) is 0 Å². The van der Waals surface area contributed by atoms with E-state index in [-0.39, 0.29) is 10.9 Å². The summed E-state index contributed by atoms with van der Waals surface area (Å²) in [6.07, 6.45) is 1.44. The molecule has 20 heavy (non-hydrogen) atoms. The van der Waals surface area contributed by atoms with Gasteiger partial charge in [-0.15, -0.1) is 0 Å². The van der Waals surface area contributed by atoms with Gasteiger partial charge in [0.15, 0.2) is 10.9 Å². The number of hydrogen-bond acceptors (Lipinski definition) is 3. The van der Waals surface area contributed by atoms with E-state index in [1.165, 1.54) is 6.26 Å². The van der Waals surface area contributed by atoms with Crippen molar-refractivity contribution in [1.29, 1.82) is 0 Å². The molecule has 0 aliphatic rings. The Morgan fingerprint density at radius 1 is 1.25 bits per heavy atom. The summed E-state index contributed by atoms with van der Waals surface area (Å²) in [5, 5.41) is 6.34. The van der Waals surface area contributed by atoms with Crippen molar-refractivity contribution in [2.24, 2.45) is 0 Å². The predicted octanol–water partition coefficient (Wildman–Crippen LogP) is 4.02. The second-order valence-electron chi connectivity index (χ2n) is 3.97. The molecule has 0 saturated heterocycles. The number of carbonyl (C=O) groups excluding carboxylic acids is 1. The van der Waals surface area contributed by atoms with Gasteiger partial charge in [0, 0.05) is 11.3 Å². The van der Waals surface area contributed by atoms with Crippen LogP contribution in [0, 0.1) is 6.92 Å². The zero-order chi connectivity index (χ0) is 14.7. The molecule has 1 amide bonds. The van der Waals surface area contributed by atoms with Crippen LogP contribution in [0.4, 0.5) is 5.69 Å². The Morgan fingerprint density at radius 3 is 2.60 bits per heavy atom. The van der Waals surface area contributed by atoms with Crippen LogP contribution in [0.2, 0.25) is 10.0 Å². The van der Waals surface area contributed by atoms with Crippen LogP contribution in [0.25, 0.3) is 0 Å². The largest absolute Gasteiger partial charge is 0.459 e. The highest BCUT2D eigenvalue weighted by atomic mass is 35.5. The minimum Gasteiger partial charge on any atom is -0.459 e. The van der Waals surface area contributed by atoms with E-state index in [4.69, 9.17) is 39.8 Å². The average Bonchev–Trinajstić information content (AvgIpc) is 2.80. The summed E-state index contributed by atoms with van der Waals surface area (Å²) < 4.78 is 5.07. The minimum atomic E-state index is -0.412. The Balaban J connectivity index is 2.00. The second kappa shape index (κ2) is 6.26. The summed E-state index contributed by atoms with van der Waals surface area (Å²) in [5.74, 6) is -0.187. The van der Waals surface area contributed by atoms with Crippen LogP contribution in [0.15, 0.2) is 34.9 Å². The summed E-state index contributed by atoms with van der Waals surface area (Å²) in [6.45, 7) is 1.77. The van der Waals surface area contributed by atoms with Crippen LogP contribution >= 0.6 is 35.4 Å². The van der Waals surface area contributed by atoms with E-state index in [0.717, 1.165) is 5.56 Å². The van der Waals surface area contributed by atoms with Crippen molar-refractivity contribution in [3.8, 4) is 0 Å². The summed E-state index contributed by atoms with van der Waals surface area (Å²) in [4.78, 5) is 11.9. The van der Waals surface area contributed by atoms with Gasteiger partial charge >= 0.3 is 0 Å². The molecule has 0 radical (unpaired) electrons. The number of halogens is 2. The summed E-state index contributed by atoms with van der Waals surface area (Å²) in [7, 11) is 0. The lowest BCUT2D eigenvalue weighted by molar-refractivity contribution is 0.0950. The standard InChI is InChI=1S/C13H10Cl2N2O2S/c1-7-4-5-19-11(7)12(18)17-13(20)16-8-2-3-9(14)10(15)6-8/h2-6H,1H3,(H2,16,17,18,20). The first-order valence-electron chi connectivity index (χ1n) is 5.59. The first-order valence-corrected chi connectivity index (χ1v) is 6.75. The molecule has 2 rings (SSSR count). The molecule has 104 valence electrons. The molecule has 1 aromatic carbocycles. The van der Waals surface area contributed by atoms with E-state index in [2.05, 4.69) is 10.6 Å². The molecule has 0 aliphatic heterocycles. The maximum atomic E-state index is 11.9. The monoisotopic (exact) mass is 328 g/mol. The van der Waals surface area contributed by atoms with Crippen LogP contribution in [-0.4, -0.2) is 11.0 Å². The lowest BCUT2D eigenvalue weighted by Gasteiger charge is -2.09. The molecule has 7 heteroatoms. The average molecular weight is 329 g/mol. The van der Waals surface area contributed by atoms with E-state index in [9.17, 15) is 4.79 Å². The van der Waals surface area contributed by atoms with Crippen LogP contribution in [0.1, 0.15) is 16.1 Å². The Bertz CT molecular complexity index is 670. The highest BCUT2D eigenvalue weighted by Gasteiger charge is 2.14. The normalized spacial score (nSPS) is 10.2. The van der Waals surface area contributed by atoms with E-state index in [0.29, 0.717) is 15.7 Å². The summed E-state index contributed by atoms with van der Waals surface area (Å²) in [6, 6.07) is 6.64. The third-order valence-electron chi connectivity index (χ3n) is 2.47. The number of furan rings is 1. The lowest BCUT2D eigenvalue weighted by Crippen LogP contribution is -2.34. The molecule has 0 aliphatic carbocycles. The molecule has 0 unspecified atom stereocenters. The first-order chi connectivity index (χ1) is 9.47. The van der Waals surface area contributed by atoms with Gasteiger partial charge in [0.25, 0.3) is 5.91 Å². The molecular formula is C13H10Cl2N2O2S. The fraction of sp³-hybridized carbons (Fsp3) is 0.0769. The van der Waals surface area contributed by atoms with Crippen molar-refractivity contribution >= 4 is 52.1 Å². The third kappa shape index (κ3) is 3.50. The van der Waals surface area contributed by atoms with Gasteiger partial charge in [0.05, 0.1) is 16.3 Å². The fourth-order valence-electron chi connectivity index (χ4n) is 1.50. The summed E-state index contributed by atoms with van der Waals surface area (Å²) in [5.41, 5.74) is 1.36. The maximum absolute atomic E-state index is 11.9. The van der Waals surface area contributed by atoms with Gasteiger partial charge in [0.2, 0.25) is 0 Å². The number of nitrogens with one attached hydrogen (secondary N) is 2. The Kier molecular flexibility index (Phi) is 4.65. The number of anilines is 1. The molecule has 1 aromatic heterocycles. The number of rotatable bonds is 2. The first kappa shape index (κ1) is 14.8. The van der Waals surface area contributed by atoms with E-state index in [1.54, 1.807) is 31.2 Å². The van der Waals surface area contributed by atoms with Gasteiger partial charge in [-0.25, -0.2) is 0 Å². The SMILES string of the molecule is Cc1ccoc1C(=O)NC(=S)Nc1ccc(Cl)c(Cl)c1. The van der Waals surface area contributed by atoms with E-state index < -0.39 is 5.91 Å². The number of amides is 1. The van der Waals surface area contributed by atoms with E-state index >= 15 is 0 Å². The number of aryl methyl sites for hydroxylation is 1.